The lowest BCUT2D eigenvalue weighted by Gasteiger charge is -2.25. The van der Waals surface area contributed by atoms with Crippen molar-refractivity contribution in [3.05, 3.63) is 48.0 Å². The van der Waals surface area contributed by atoms with Crippen LogP contribution in [-0.4, -0.2) is 82.0 Å². The number of aromatic nitrogens is 1. The van der Waals surface area contributed by atoms with Crippen molar-refractivity contribution in [3.63, 3.8) is 0 Å². The fraction of sp³-hybridized carbons (Fsp3) is 0.423. The molecule has 0 aliphatic carbocycles. The number of anilines is 1. The summed E-state index contributed by atoms with van der Waals surface area (Å²) in [7, 11) is -1.82. The molecule has 1 fully saturated rings. The second kappa shape index (κ2) is 11.2. The van der Waals surface area contributed by atoms with Gasteiger partial charge in [-0.25, -0.2) is 8.42 Å². The van der Waals surface area contributed by atoms with Crippen molar-refractivity contribution in [2.24, 2.45) is 0 Å². The first-order valence-electron chi connectivity index (χ1n) is 12.1. The minimum absolute atomic E-state index is 0.0537. The Morgan fingerprint density at radius 1 is 1.14 bits per heavy atom. The van der Waals surface area contributed by atoms with Crippen LogP contribution in [0.4, 0.5) is 14.5 Å². The second-order valence-corrected chi connectivity index (χ2v) is 11.2. The van der Waals surface area contributed by atoms with Crippen LogP contribution in [0.15, 0.2) is 47.4 Å². The number of nitrogens with zero attached hydrogens (tertiary/aromatic N) is 3. The van der Waals surface area contributed by atoms with Crippen LogP contribution < -0.4 is 4.90 Å². The van der Waals surface area contributed by atoms with Gasteiger partial charge in [-0.15, -0.1) is 4.31 Å². The fourth-order valence-electron chi connectivity index (χ4n) is 4.51. The van der Waals surface area contributed by atoms with Crippen LogP contribution >= 0.6 is 0 Å². The molecule has 1 aliphatic rings. The molecule has 0 atom stereocenters. The molecule has 37 heavy (non-hydrogen) atoms. The van der Waals surface area contributed by atoms with E-state index in [1.165, 1.54) is 31.2 Å². The maximum absolute atomic E-state index is 14.0. The Labute approximate surface area is 215 Å². The smallest absolute Gasteiger partial charge is 0.308 e. The summed E-state index contributed by atoms with van der Waals surface area (Å²) in [6.07, 6.45) is 2.03. The zero-order valence-electron chi connectivity index (χ0n) is 21.2. The van der Waals surface area contributed by atoms with E-state index in [4.69, 9.17) is 4.74 Å². The van der Waals surface area contributed by atoms with Gasteiger partial charge in [-0.3, -0.25) is 4.79 Å². The number of alkyl halides is 2. The van der Waals surface area contributed by atoms with Gasteiger partial charge in [0.2, 0.25) is 15.9 Å². The third kappa shape index (κ3) is 5.78. The molecule has 1 saturated heterocycles. The van der Waals surface area contributed by atoms with Gasteiger partial charge in [-0.2, -0.15) is 8.78 Å². The van der Waals surface area contributed by atoms with Gasteiger partial charge in [0, 0.05) is 61.6 Å². The molecule has 4 rings (SSSR count). The number of hydrogen-bond donors (Lipinski definition) is 1. The Hall–Kier alpha value is -3.02. The van der Waals surface area contributed by atoms with Gasteiger partial charge in [0.25, 0.3) is 0 Å². The van der Waals surface area contributed by atoms with E-state index in [0.717, 1.165) is 48.1 Å². The lowest BCUT2D eigenvalue weighted by atomic mass is 10.1. The number of H-pyrrole nitrogens is 1. The number of benzene rings is 2. The first-order chi connectivity index (χ1) is 17.6. The van der Waals surface area contributed by atoms with Crippen LogP contribution in [0.5, 0.6) is 0 Å². The van der Waals surface area contributed by atoms with Crippen LogP contribution in [0.3, 0.4) is 0 Å². The third-order valence-corrected chi connectivity index (χ3v) is 8.41. The second-order valence-electron chi connectivity index (χ2n) is 9.28. The van der Waals surface area contributed by atoms with Crippen LogP contribution in [-0.2, 0) is 19.6 Å². The minimum atomic E-state index is -4.68. The Morgan fingerprint density at radius 3 is 2.54 bits per heavy atom. The summed E-state index contributed by atoms with van der Waals surface area (Å²) in [6.45, 7) is -0.378. The van der Waals surface area contributed by atoms with Crippen LogP contribution in [0.2, 0.25) is 0 Å². The Bertz CT molecular complexity index is 1370. The predicted molar refractivity (Wildman–Crippen MR) is 139 cm³/mol. The molecule has 0 unspecified atom stereocenters. The molecule has 0 saturated carbocycles. The molecular weight excluding hydrogens is 502 g/mol. The first-order valence-corrected chi connectivity index (χ1v) is 13.6. The number of nitrogens with one attached hydrogen (secondary N) is 1. The van der Waals surface area contributed by atoms with E-state index in [-0.39, 0.29) is 22.4 Å². The highest BCUT2D eigenvalue weighted by Crippen LogP contribution is 2.37. The van der Waals surface area contributed by atoms with Gasteiger partial charge in [-0.1, -0.05) is 12.1 Å². The molecule has 8 nitrogen and oxygen atoms in total. The molecule has 0 radical (unpaired) electrons. The summed E-state index contributed by atoms with van der Waals surface area (Å²) in [4.78, 5) is 18.9. The van der Waals surface area contributed by atoms with Gasteiger partial charge in [0.1, 0.15) is 0 Å². The number of carbonyl (C=O) groups is 1. The van der Waals surface area contributed by atoms with Crippen LogP contribution in [0.1, 0.15) is 18.4 Å². The molecular formula is C26H32F2N4O4S. The molecule has 2 heterocycles. The van der Waals surface area contributed by atoms with Crippen molar-refractivity contribution < 1.29 is 26.7 Å². The molecule has 1 aromatic heterocycles. The van der Waals surface area contributed by atoms with E-state index in [0.29, 0.717) is 11.3 Å². The van der Waals surface area contributed by atoms with Gasteiger partial charge >= 0.3 is 6.55 Å². The largest absolute Gasteiger partial charge is 0.383 e. The first kappa shape index (κ1) is 27.0. The lowest BCUT2D eigenvalue weighted by Crippen LogP contribution is -2.44. The molecule has 3 aromatic rings. The molecule has 1 aliphatic heterocycles. The number of ether oxygens (including phenoxy) is 1. The van der Waals surface area contributed by atoms with E-state index in [9.17, 15) is 22.0 Å². The number of aryl methyl sites for hydroxylation is 1. The average Bonchev–Trinajstić information content (AvgIpc) is 3.54. The standard InChI is InChI=1S/C26H32F2N4O4S/c1-18-6-7-19-15-23(29-22(19)14-18)21-16-20(8-9-24(21)31-10-4-5-11-31)37(34,35)32(26(27)28)17-25(33)30(2)12-13-36-3/h6-9,14-16,26,29H,4-5,10-13,17H2,1-3H3. The number of carbonyl (C=O) groups excluding carboxylic acids is 1. The van der Waals surface area contributed by atoms with Gasteiger partial charge in [0.05, 0.1) is 18.0 Å². The maximum Gasteiger partial charge on any atom is 0.308 e. The average molecular weight is 535 g/mol. The number of aromatic amines is 1. The van der Waals surface area contributed by atoms with Crippen LogP contribution in [0, 0.1) is 6.92 Å². The minimum Gasteiger partial charge on any atom is -0.383 e. The van der Waals surface area contributed by atoms with E-state index >= 15 is 0 Å². The molecule has 1 amide bonds. The fourth-order valence-corrected chi connectivity index (χ4v) is 5.78. The zero-order chi connectivity index (χ0) is 26.7. The number of methoxy groups -OCH3 is 1. The predicted octanol–water partition coefficient (Wildman–Crippen LogP) is 4.06. The summed E-state index contributed by atoms with van der Waals surface area (Å²) >= 11 is 0. The molecule has 2 aromatic carbocycles. The van der Waals surface area contributed by atoms with E-state index < -0.39 is 29.0 Å². The summed E-state index contributed by atoms with van der Waals surface area (Å²) in [5, 5.41) is 0.958. The van der Waals surface area contributed by atoms with Crippen molar-refractivity contribution in [3.8, 4) is 11.3 Å². The molecule has 0 spiro atoms. The molecule has 11 heteroatoms. The monoisotopic (exact) mass is 534 g/mol. The molecule has 200 valence electrons. The van der Waals surface area contributed by atoms with Gasteiger partial charge in [-0.05, 0) is 55.7 Å². The highest BCUT2D eigenvalue weighted by Gasteiger charge is 2.35. The molecule has 1 N–H and O–H groups in total. The quantitative estimate of drug-likeness (QED) is 0.397. The number of fused-ring (bicyclic) bond motifs is 1. The van der Waals surface area contributed by atoms with Crippen molar-refractivity contribution in [1.82, 2.24) is 14.2 Å². The topological polar surface area (TPSA) is 85.9 Å². The Kier molecular flexibility index (Phi) is 8.15. The highest BCUT2D eigenvalue weighted by molar-refractivity contribution is 7.89. The highest BCUT2D eigenvalue weighted by atomic mass is 32.2. The van der Waals surface area contributed by atoms with Crippen molar-refractivity contribution >= 4 is 32.5 Å². The van der Waals surface area contributed by atoms with Crippen molar-refractivity contribution in [1.29, 1.82) is 0 Å². The number of rotatable bonds is 10. The number of halogens is 2. The maximum atomic E-state index is 14.0. The molecule has 0 bridgehead atoms. The van der Waals surface area contributed by atoms with E-state index in [1.807, 2.05) is 31.2 Å². The SMILES string of the molecule is COCCN(C)C(=O)CN(C(F)F)S(=O)(=O)c1ccc(N2CCCC2)c(-c2cc3ccc(C)cc3[nH]2)c1. The van der Waals surface area contributed by atoms with E-state index in [1.54, 1.807) is 6.07 Å². The Balaban J connectivity index is 1.75. The number of hydrogen-bond acceptors (Lipinski definition) is 5. The normalized spacial score (nSPS) is 14.3. The Morgan fingerprint density at radius 2 is 1.86 bits per heavy atom. The van der Waals surface area contributed by atoms with E-state index in [2.05, 4.69) is 9.88 Å². The summed E-state index contributed by atoms with van der Waals surface area (Å²) in [6, 6.07) is 12.3. The summed E-state index contributed by atoms with van der Waals surface area (Å²) in [5.74, 6) is -0.749. The van der Waals surface area contributed by atoms with Gasteiger partial charge < -0.3 is 19.5 Å². The van der Waals surface area contributed by atoms with Crippen molar-refractivity contribution in [2.45, 2.75) is 31.2 Å². The lowest BCUT2D eigenvalue weighted by molar-refractivity contribution is -0.132. The van der Waals surface area contributed by atoms with Gasteiger partial charge in [0.15, 0.2) is 0 Å². The van der Waals surface area contributed by atoms with Crippen LogP contribution in [0.25, 0.3) is 22.2 Å². The summed E-state index contributed by atoms with van der Waals surface area (Å²) < 4.78 is 59.7. The summed E-state index contributed by atoms with van der Waals surface area (Å²) in [5.41, 5.74) is 4.10. The number of amides is 1. The van der Waals surface area contributed by atoms with Crippen molar-refractivity contribution in [2.75, 3.05) is 51.8 Å². The number of likely N-dealkylation sites (N-methyl/N-ethyl adjacent to an activating group) is 1. The zero-order valence-corrected chi connectivity index (χ0v) is 22.0. The third-order valence-electron chi connectivity index (χ3n) is 6.65. The number of sulfonamides is 1.